The minimum Gasteiger partial charge on any atom is -0.371 e. The maximum atomic E-state index is 13.2. The summed E-state index contributed by atoms with van der Waals surface area (Å²) >= 11 is 0. The van der Waals surface area contributed by atoms with Gasteiger partial charge in [0.15, 0.2) is 0 Å². The number of alkyl halides is 3. The van der Waals surface area contributed by atoms with Gasteiger partial charge in [0.05, 0.1) is 30.3 Å². The van der Waals surface area contributed by atoms with E-state index in [1.54, 1.807) is 18.6 Å². The van der Waals surface area contributed by atoms with Crippen LogP contribution in [-0.2, 0) is 24.5 Å². The van der Waals surface area contributed by atoms with Gasteiger partial charge in [-0.25, -0.2) is 4.98 Å². The maximum absolute atomic E-state index is 13.2. The Bertz CT molecular complexity index is 669. The lowest BCUT2D eigenvalue weighted by Gasteiger charge is -2.34. The van der Waals surface area contributed by atoms with Gasteiger partial charge in [0.2, 0.25) is 0 Å². The number of imidazole rings is 1. The van der Waals surface area contributed by atoms with Gasteiger partial charge in [-0.05, 0) is 11.6 Å². The minimum absolute atomic E-state index is 0.203. The van der Waals surface area contributed by atoms with Crippen molar-refractivity contribution in [2.75, 3.05) is 19.7 Å². The fraction of sp³-hybridized carbons (Fsp3) is 0.438. The summed E-state index contributed by atoms with van der Waals surface area (Å²) in [5.74, 6) is 0. The average Bonchev–Trinajstić information content (AvgIpc) is 2.92. The molecule has 2 aromatic rings. The average molecular weight is 325 g/mol. The summed E-state index contributed by atoms with van der Waals surface area (Å²) in [5.41, 5.74) is 0.608. The van der Waals surface area contributed by atoms with Crippen LogP contribution in [0, 0.1) is 0 Å². The minimum atomic E-state index is -4.37. The molecule has 2 heterocycles. The van der Waals surface area contributed by atoms with Crippen molar-refractivity contribution in [1.29, 1.82) is 0 Å². The molecule has 0 amide bonds. The molecular weight excluding hydrogens is 307 g/mol. The molecule has 1 aromatic heterocycles. The first-order chi connectivity index (χ1) is 10.9. The topological polar surface area (TPSA) is 30.3 Å². The van der Waals surface area contributed by atoms with Crippen LogP contribution in [0.2, 0.25) is 0 Å². The van der Waals surface area contributed by atoms with Crippen LogP contribution in [0.25, 0.3) is 0 Å². The van der Waals surface area contributed by atoms with E-state index in [0.29, 0.717) is 26.2 Å². The Morgan fingerprint density at radius 2 is 2.09 bits per heavy atom. The molecule has 124 valence electrons. The number of hydrogen-bond acceptors (Lipinski definition) is 3. The van der Waals surface area contributed by atoms with Gasteiger partial charge < -0.3 is 9.30 Å². The third-order valence-corrected chi connectivity index (χ3v) is 4.07. The molecule has 0 saturated carbocycles. The van der Waals surface area contributed by atoms with Crippen LogP contribution in [-0.4, -0.2) is 34.1 Å². The Balaban J connectivity index is 1.78. The van der Waals surface area contributed by atoms with Crippen molar-refractivity contribution >= 4 is 0 Å². The Labute approximate surface area is 132 Å². The molecular formula is C16H18F3N3O. The standard InChI is InChI=1S/C16H18F3N3O/c1-21-11-20-8-12(21)9-22-6-7-23-15(10-22)13-4-2-3-5-14(13)16(17,18)19/h2-5,8,11,15H,6-7,9-10H2,1H3/t15-/m0/s1. The largest absolute Gasteiger partial charge is 0.416 e. The fourth-order valence-electron chi connectivity index (χ4n) is 2.84. The predicted octanol–water partition coefficient (Wildman–Crippen LogP) is 3.01. The maximum Gasteiger partial charge on any atom is 0.416 e. The zero-order valence-electron chi connectivity index (χ0n) is 12.8. The van der Waals surface area contributed by atoms with Gasteiger partial charge in [-0.3, -0.25) is 4.90 Å². The molecule has 4 nitrogen and oxygen atoms in total. The summed E-state index contributed by atoms with van der Waals surface area (Å²) in [6.07, 6.45) is -1.46. The summed E-state index contributed by atoms with van der Waals surface area (Å²) in [4.78, 5) is 6.16. The molecule has 1 saturated heterocycles. The molecule has 1 fully saturated rings. The van der Waals surface area contributed by atoms with Crippen LogP contribution in [0.5, 0.6) is 0 Å². The summed E-state index contributed by atoms with van der Waals surface area (Å²) in [6, 6.07) is 5.64. The SMILES string of the molecule is Cn1cncc1CN1CCO[C@H](c2ccccc2C(F)(F)F)C1. The number of rotatable bonds is 3. The van der Waals surface area contributed by atoms with Crippen molar-refractivity contribution in [2.45, 2.75) is 18.8 Å². The molecule has 0 radical (unpaired) electrons. The molecule has 0 N–H and O–H groups in total. The summed E-state index contributed by atoms with van der Waals surface area (Å²) < 4.78 is 47.1. The number of ether oxygens (including phenoxy) is 1. The fourth-order valence-corrected chi connectivity index (χ4v) is 2.84. The van der Waals surface area contributed by atoms with Crippen molar-refractivity contribution in [3.63, 3.8) is 0 Å². The molecule has 3 rings (SSSR count). The zero-order valence-corrected chi connectivity index (χ0v) is 12.8. The second-order valence-corrected chi connectivity index (χ2v) is 5.68. The molecule has 0 unspecified atom stereocenters. The van der Waals surface area contributed by atoms with E-state index in [4.69, 9.17) is 4.74 Å². The number of nitrogens with zero attached hydrogens (tertiary/aromatic N) is 3. The Morgan fingerprint density at radius 3 is 2.78 bits per heavy atom. The predicted molar refractivity (Wildman–Crippen MR) is 78.6 cm³/mol. The Morgan fingerprint density at radius 1 is 1.30 bits per heavy atom. The number of aromatic nitrogens is 2. The lowest BCUT2D eigenvalue weighted by Crippen LogP contribution is -2.38. The van der Waals surface area contributed by atoms with Crippen LogP contribution in [0.1, 0.15) is 22.9 Å². The third-order valence-electron chi connectivity index (χ3n) is 4.07. The number of benzene rings is 1. The molecule has 0 spiro atoms. The van der Waals surface area contributed by atoms with Gasteiger partial charge in [0.1, 0.15) is 0 Å². The first kappa shape index (κ1) is 16.0. The van der Waals surface area contributed by atoms with E-state index >= 15 is 0 Å². The van der Waals surface area contributed by atoms with Crippen LogP contribution in [0.4, 0.5) is 13.2 Å². The molecule has 1 aliphatic heterocycles. The van der Waals surface area contributed by atoms with Crippen LogP contribution >= 0.6 is 0 Å². The first-order valence-corrected chi connectivity index (χ1v) is 7.40. The lowest BCUT2D eigenvalue weighted by atomic mass is 10.0. The zero-order chi connectivity index (χ0) is 16.4. The van der Waals surface area contributed by atoms with Gasteiger partial charge in [0.25, 0.3) is 0 Å². The highest BCUT2D eigenvalue weighted by molar-refractivity contribution is 5.32. The highest BCUT2D eigenvalue weighted by Crippen LogP contribution is 2.36. The van der Waals surface area contributed by atoms with E-state index in [9.17, 15) is 13.2 Å². The lowest BCUT2D eigenvalue weighted by molar-refractivity contribution is -0.140. The van der Waals surface area contributed by atoms with Crippen molar-refractivity contribution in [2.24, 2.45) is 7.05 Å². The number of hydrogen-bond donors (Lipinski definition) is 0. The normalized spacial score (nSPS) is 19.9. The van der Waals surface area contributed by atoms with Crippen molar-refractivity contribution in [1.82, 2.24) is 14.5 Å². The quantitative estimate of drug-likeness (QED) is 0.869. The number of halogens is 3. The van der Waals surface area contributed by atoms with Crippen molar-refractivity contribution in [3.8, 4) is 0 Å². The highest BCUT2D eigenvalue weighted by atomic mass is 19.4. The van der Waals surface area contributed by atoms with Gasteiger partial charge in [-0.2, -0.15) is 13.2 Å². The summed E-state index contributed by atoms with van der Waals surface area (Å²) in [7, 11) is 1.90. The summed E-state index contributed by atoms with van der Waals surface area (Å²) in [5, 5.41) is 0. The molecule has 1 aromatic carbocycles. The molecule has 0 bridgehead atoms. The van der Waals surface area contributed by atoms with Crippen LogP contribution < -0.4 is 0 Å². The van der Waals surface area contributed by atoms with Gasteiger partial charge >= 0.3 is 6.18 Å². The van der Waals surface area contributed by atoms with Crippen LogP contribution in [0.15, 0.2) is 36.8 Å². The summed E-state index contributed by atoms with van der Waals surface area (Å²) in [6.45, 7) is 2.17. The van der Waals surface area contributed by atoms with Gasteiger partial charge in [-0.15, -0.1) is 0 Å². The van der Waals surface area contributed by atoms with E-state index in [1.807, 2.05) is 11.6 Å². The highest BCUT2D eigenvalue weighted by Gasteiger charge is 2.36. The van der Waals surface area contributed by atoms with E-state index in [0.717, 1.165) is 11.8 Å². The van der Waals surface area contributed by atoms with E-state index in [-0.39, 0.29) is 5.56 Å². The third kappa shape index (κ3) is 3.56. The molecule has 7 heteroatoms. The first-order valence-electron chi connectivity index (χ1n) is 7.40. The molecule has 0 aliphatic carbocycles. The van der Waals surface area contributed by atoms with Crippen LogP contribution in [0.3, 0.4) is 0 Å². The number of morpholine rings is 1. The Hall–Kier alpha value is -1.86. The molecule has 1 aliphatic rings. The van der Waals surface area contributed by atoms with Crippen molar-refractivity contribution in [3.05, 3.63) is 53.6 Å². The van der Waals surface area contributed by atoms with E-state index in [2.05, 4.69) is 9.88 Å². The molecule has 1 atom stereocenters. The van der Waals surface area contributed by atoms with E-state index in [1.165, 1.54) is 12.1 Å². The second-order valence-electron chi connectivity index (χ2n) is 5.68. The van der Waals surface area contributed by atoms with Gasteiger partial charge in [0, 0.05) is 32.9 Å². The smallest absolute Gasteiger partial charge is 0.371 e. The van der Waals surface area contributed by atoms with Crippen molar-refractivity contribution < 1.29 is 17.9 Å². The number of aryl methyl sites for hydroxylation is 1. The monoisotopic (exact) mass is 325 g/mol. The van der Waals surface area contributed by atoms with E-state index < -0.39 is 17.8 Å². The second kappa shape index (κ2) is 6.33. The Kier molecular flexibility index (Phi) is 4.41. The van der Waals surface area contributed by atoms with Gasteiger partial charge in [-0.1, -0.05) is 18.2 Å². The molecule has 23 heavy (non-hydrogen) atoms.